The van der Waals surface area contributed by atoms with Crippen LogP contribution in [0.5, 0.6) is 0 Å². The standard InChI is InChI=1S/C21H23FN2/c1-14(2)12-16-4-6-17(7-5-16)15(3)21-23-13-20(24-21)18-8-10-19(22)11-9-18/h4-11,13-15H,12H2,1-3H3,(H,23,24). The van der Waals surface area contributed by atoms with Crippen molar-refractivity contribution in [3.63, 3.8) is 0 Å². The van der Waals surface area contributed by atoms with Gasteiger partial charge in [0.1, 0.15) is 11.6 Å². The highest BCUT2D eigenvalue weighted by atomic mass is 19.1. The van der Waals surface area contributed by atoms with Crippen molar-refractivity contribution in [2.24, 2.45) is 5.92 Å². The summed E-state index contributed by atoms with van der Waals surface area (Å²) in [6, 6.07) is 15.2. The van der Waals surface area contributed by atoms with Crippen LogP contribution in [-0.4, -0.2) is 9.97 Å². The first kappa shape index (κ1) is 16.4. The lowest BCUT2D eigenvalue weighted by Crippen LogP contribution is -2.00. The van der Waals surface area contributed by atoms with Crippen molar-refractivity contribution in [2.75, 3.05) is 0 Å². The van der Waals surface area contributed by atoms with Crippen molar-refractivity contribution in [2.45, 2.75) is 33.1 Å². The van der Waals surface area contributed by atoms with E-state index in [0.29, 0.717) is 5.92 Å². The lowest BCUT2D eigenvalue weighted by Gasteiger charge is -2.11. The third-order valence-corrected chi connectivity index (χ3v) is 4.27. The van der Waals surface area contributed by atoms with E-state index in [1.165, 1.54) is 23.3 Å². The number of nitrogens with zero attached hydrogens (tertiary/aromatic N) is 1. The summed E-state index contributed by atoms with van der Waals surface area (Å²) in [6.07, 6.45) is 2.98. The molecule has 1 unspecified atom stereocenters. The van der Waals surface area contributed by atoms with E-state index in [9.17, 15) is 4.39 Å². The Balaban J connectivity index is 1.78. The Morgan fingerprint density at radius 3 is 2.25 bits per heavy atom. The predicted octanol–water partition coefficient (Wildman–Crippen LogP) is 5.57. The minimum Gasteiger partial charge on any atom is -0.347 e. The third kappa shape index (κ3) is 3.73. The largest absolute Gasteiger partial charge is 0.347 e. The summed E-state index contributed by atoms with van der Waals surface area (Å²) < 4.78 is 13.0. The second-order valence-corrected chi connectivity index (χ2v) is 6.74. The van der Waals surface area contributed by atoms with Gasteiger partial charge in [0.2, 0.25) is 0 Å². The minimum absolute atomic E-state index is 0.187. The number of halogens is 1. The summed E-state index contributed by atoms with van der Waals surface area (Å²) in [5, 5.41) is 0. The highest BCUT2D eigenvalue weighted by Gasteiger charge is 2.13. The smallest absolute Gasteiger partial charge is 0.123 e. The molecule has 0 saturated carbocycles. The van der Waals surface area contributed by atoms with Crippen LogP contribution < -0.4 is 0 Å². The van der Waals surface area contributed by atoms with E-state index >= 15 is 0 Å². The molecule has 24 heavy (non-hydrogen) atoms. The van der Waals surface area contributed by atoms with E-state index in [2.05, 4.69) is 55.0 Å². The van der Waals surface area contributed by atoms with Crippen LogP contribution in [0.1, 0.15) is 43.6 Å². The van der Waals surface area contributed by atoms with Crippen molar-refractivity contribution in [3.8, 4) is 11.3 Å². The minimum atomic E-state index is -0.232. The zero-order valence-electron chi connectivity index (χ0n) is 14.4. The highest BCUT2D eigenvalue weighted by molar-refractivity contribution is 5.58. The molecule has 1 aromatic heterocycles. The monoisotopic (exact) mass is 322 g/mol. The van der Waals surface area contributed by atoms with E-state index in [1.54, 1.807) is 12.1 Å². The number of H-pyrrole nitrogens is 1. The van der Waals surface area contributed by atoms with E-state index in [1.807, 2.05) is 6.20 Å². The van der Waals surface area contributed by atoms with Crippen LogP contribution in [0.3, 0.4) is 0 Å². The van der Waals surface area contributed by atoms with E-state index in [-0.39, 0.29) is 11.7 Å². The molecule has 0 aliphatic heterocycles. The van der Waals surface area contributed by atoms with Gasteiger partial charge in [-0.05, 0) is 47.7 Å². The number of benzene rings is 2. The Kier molecular flexibility index (Phi) is 4.79. The van der Waals surface area contributed by atoms with Crippen LogP contribution in [-0.2, 0) is 6.42 Å². The number of hydrogen-bond acceptors (Lipinski definition) is 1. The van der Waals surface area contributed by atoms with Crippen LogP contribution in [0.15, 0.2) is 54.7 Å². The first-order valence-electron chi connectivity index (χ1n) is 8.43. The van der Waals surface area contributed by atoms with Crippen LogP contribution in [0.4, 0.5) is 4.39 Å². The number of rotatable bonds is 5. The van der Waals surface area contributed by atoms with Gasteiger partial charge in [0.25, 0.3) is 0 Å². The van der Waals surface area contributed by atoms with Gasteiger partial charge < -0.3 is 4.98 Å². The number of imidazole rings is 1. The maximum atomic E-state index is 13.0. The molecule has 1 N–H and O–H groups in total. The molecule has 0 bridgehead atoms. The van der Waals surface area contributed by atoms with Gasteiger partial charge in [0.15, 0.2) is 0 Å². The molecule has 3 heteroatoms. The topological polar surface area (TPSA) is 28.7 Å². The van der Waals surface area contributed by atoms with Crippen LogP contribution in [0.2, 0.25) is 0 Å². The fraction of sp³-hybridized carbons (Fsp3) is 0.286. The predicted molar refractivity (Wildman–Crippen MR) is 96.5 cm³/mol. The molecule has 0 radical (unpaired) electrons. The molecule has 0 spiro atoms. The fourth-order valence-corrected chi connectivity index (χ4v) is 2.90. The maximum absolute atomic E-state index is 13.0. The molecule has 124 valence electrons. The van der Waals surface area contributed by atoms with E-state index in [4.69, 9.17) is 0 Å². The molecule has 1 heterocycles. The number of nitrogens with one attached hydrogen (secondary N) is 1. The van der Waals surface area contributed by atoms with Gasteiger partial charge in [0, 0.05) is 17.7 Å². The van der Waals surface area contributed by atoms with Crippen molar-refractivity contribution in [1.29, 1.82) is 0 Å². The average molecular weight is 322 g/mol. The Morgan fingerprint density at radius 2 is 1.62 bits per heavy atom. The Labute approximate surface area is 142 Å². The lowest BCUT2D eigenvalue weighted by molar-refractivity contribution is 0.628. The summed E-state index contributed by atoms with van der Waals surface area (Å²) in [7, 11) is 0. The summed E-state index contributed by atoms with van der Waals surface area (Å²) in [5.41, 5.74) is 4.36. The molecular formula is C21H23FN2. The van der Waals surface area contributed by atoms with Gasteiger partial charge in [-0.1, -0.05) is 45.0 Å². The van der Waals surface area contributed by atoms with Crippen LogP contribution in [0.25, 0.3) is 11.3 Å². The average Bonchev–Trinajstić information content (AvgIpc) is 3.05. The molecule has 2 aromatic carbocycles. The Hall–Kier alpha value is -2.42. The first-order valence-corrected chi connectivity index (χ1v) is 8.43. The second-order valence-electron chi connectivity index (χ2n) is 6.74. The van der Waals surface area contributed by atoms with Gasteiger partial charge in [-0.25, -0.2) is 9.37 Å². The molecular weight excluding hydrogens is 299 g/mol. The van der Waals surface area contributed by atoms with E-state index in [0.717, 1.165) is 23.5 Å². The summed E-state index contributed by atoms with van der Waals surface area (Å²) >= 11 is 0. The van der Waals surface area contributed by atoms with Crippen molar-refractivity contribution < 1.29 is 4.39 Å². The number of aromatic nitrogens is 2. The Morgan fingerprint density at radius 1 is 0.958 bits per heavy atom. The molecule has 3 aromatic rings. The molecule has 0 saturated heterocycles. The van der Waals surface area contributed by atoms with Crippen LogP contribution in [0, 0.1) is 11.7 Å². The zero-order valence-corrected chi connectivity index (χ0v) is 14.4. The van der Waals surface area contributed by atoms with Gasteiger partial charge in [-0.3, -0.25) is 0 Å². The van der Waals surface area contributed by atoms with Crippen LogP contribution >= 0.6 is 0 Å². The fourth-order valence-electron chi connectivity index (χ4n) is 2.90. The molecule has 1 atom stereocenters. The first-order chi connectivity index (χ1) is 11.5. The quantitative estimate of drug-likeness (QED) is 0.654. The van der Waals surface area contributed by atoms with Gasteiger partial charge in [-0.15, -0.1) is 0 Å². The summed E-state index contributed by atoms with van der Waals surface area (Å²) in [4.78, 5) is 7.94. The number of hydrogen-bond donors (Lipinski definition) is 1. The van der Waals surface area contributed by atoms with Gasteiger partial charge in [-0.2, -0.15) is 0 Å². The third-order valence-electron chi connectivity index (χ3n) is 4.27. The lowest BCUT2D eigenvalue weighted by atomic mass is 9.96. The zero-order chi connectivity index (χ0) is 17.1. The summed E-state index contributed by atoms with van der Waals surface area (Å²) in [6.45, 7) is 6.61. The molecule has 0 fully saturated rings. The maximum Gasteiger partial charge on any atom is 0.123 e. The number of aromatic amines is 1. The molecule has 3 rings (SSSR count). The van der Waals surface area contributed by atoms with Gasteiger partial charge in [0.05, 0.1) is 5.69 Å². The Bertz CT molecular complexity index is 785. The normalized spacial score (nSPS) is 12.5. The van der Waals surface area contributed by atoms with E-state index < -0.39 is 0 Å². The molecule has 0 aliphatic carbocycles. The van der Waals surface area contributed by atoms with Gasteiger partial charge >= 0.3 is 0 Å². The molecule has 2 nitrogen and oxygen atoms in total. The molecule has 0 aliphatic rings. The van der Waals surface area contributed by atoms with Crippen molar-refractivity contribution >= 4 is 0 Å². The SMILES string of the molecule is CC(C)Cc1ccc(C(C)c2nc(-c3ccc(F)cc3)c[nH]2)cc1. The molecule has 0 amide bonds. The van der Waals surface area contributed by atoms with Crippen molar-refractivity contribution in [1.82, 2.24) is 9.97 Å². The second kappa shape index (κ2) is 7.00. The van der Waals surface area contributed by atoms with Crippen molar-refractivity contribution in [3.05, 3.63) is 77.5 Å². The highest BCUT2D eigenvalue weighted by Crippen LogP contribution is 2.25. The summed E-state index contributed by atoms with van der Waals surface area (Å²) in [5.74, 6) is 1.54.